The minimum atomic E-state index is 0.764. The molecule has 0 bridgehead atoms. The van der Waals surface area contributed by atoms with Gasteiger partial charge in [-0.15, -0.1) is 0 Å². The number of aromatic amines is 1. The van der Waals surface area contributed by atoms with Crippen molar-refractivity contribution < 1.29 is 0 Å². The minimum absolute atomic E-state index is 0.764. The van der Waals surface area contributed by atoms with Gasteiger partial charge in [-0.05, 0) is 36.9 Å². The average Bonchev–Trinajstić information content (AvgIpc) is 2.69. The summed E-state index contributed by atoms with van der Waals surface area (Å²) in [6, 6.07) is 6.52. The van der Waals surface area contributed by atoms with Crippen LogP contribution in [0.15, 0.2) is 24.4 Å². The van der Waals surface area contributed by atoms with Crippen LogP contribution in [0, 0.1) is 0 Å². The first-order valence-electron chi connectivity index (χ1n) is 5.64. The number of fused-ring (bicyclic) bond motifs is 1. The summed E-state index contributed by atoms with van der Waals surface area (Å²) in [5.41, 5.74) is 9.62. The highest BCUT2D eigenvalue weighted by atomic mass is 14.7. The van der Waals surface area contributed by atoms with E-state index >= 15 is 0 Å². The molecule has 0 radical (unpaired) electrons. The maximum atomic E-state index is 5.54. The quantitative estimate of drug-likeness (QED) is 0.786. The Hall–Kier alpha value is -1.28. The van der Waals surface area contributed by atoms with Gasteiger partial charge in [-0.1, -0.05) is 25.1 Å². The van der Waals surface area contributed by atoms with Crippen molar-refractivity contribution in [2.45, 2.75) is 26.2 Å². The number of rotatable bonds is 4. The molecule has 1 heterocycles. The predicted molar refractivity (Wildman–Crippen MR) is 65.1 cm³/mol. The fourth-order valence-electron chi connectivity index (χ4n) is 2.07. The monoisotopic (exact) mass is 202 g/mol. The lowest BCUT2D eigenvalue weighted by molar-refractivity contribution is 0.837. The molecule has 2 aromatic rings. The molecule has 80 valence electrons. The highest BCUT2D eigenvalue weighted by Crippen LogP contribution is 2.22. The summed E-state index contributed by atoms with van der Waals surface area (Å²) >= 11 is 0. The number of benzene rings is 1. The van der Waals surface area contributed by atoms with E-state index in [2.05, 4.69) is 36.3 Å². The molecule has 2 heteroatoms. The topological polar surface area (TPSA) is 41.8 Å². The number of hydrogen-bond donors (Lipinski definition) is 2. The van der Waals surface area contributed by atoms with Crippen molar-refractivity contribution in [2.75, 3.05) is 6.54 Å². The van der Waals surface area contributed by atoms with Crippen LogP contribution >= 0.6 is 0 Å². The van der Waals surface area contributed by atoms with Gasteiger partial charge in [0.05, 0.1) is 0 Å². The van der Waals surface area contributed by atoms with Gasteiger partial charge in [-0.2, -0.15) is 0 Å². The summed E-state index contributed by atoms with van der Waals surface area (Å²) in [4.78, 5) is 3.38. The van der Waals surface area contributed by atoms with Crippen LogP contribution in [0.2, 0.25) is 0 Å². The molecule has 0 unspecified atom stereocenters. The van der Waals surface area contributed by atoms with E-state index in [0.717, 1.165) is 25.8 Å². The second kappa shape index (κ2) is 4.49. The van der Waals surface area contributed by atoms with E-state index in [1.54, 1.807) is 0 Å². The van der Waals surface area contributed by atoms with E-state index in [4.69, 9.17) is 5.73 Å². The molecule has 0 atom stereocenters. The maximum Gasteiger partial charge on any atom is 0.0489 e. The number of hydrogen-bond acceptors (Lipinski definition) is 1. The highest BCUT2D eigenvalue weighted by molar-refractivity contribution is 5.86. The first-order chi connectivity index (χ1) is 7.36. The standard InChI is InChI=1S/C13H18N2/c1-2-10-5-3-7-12-11(6-4-8-14)9-15-13(10)12/h3,5,7,9,15H,2,4,6,8,14H2,1H3. The minimum Gasteiger partial charge on any atom is -0.361 e. The molecule has 0 saturated heterocycles. The van der Waals surface area contributed by atoms with Crippen LogP contribution in [0.5, 0.6) is 0 Å². The fourth-order valence-corrected chi connectivity index (χ4v) is 2.07. The smallest absolute Gasteiger partial charge is 0.0489 e. The van der Waals surface area contributed by atoms with Crippen LogP contribution in [0.25, 0.3) is 10.9 Å². The van der Waals surface area contributed by atoms with Gasteiger partial charge >= 0.3 is 0 Å². The van der Waals surface area contributed by atoms with Crippen molar-refractivity contribution in [1.29, 1.82) is 0 Å². The molecule has 0 aliphatic rings. The Kier molecular flexibility index (Phi) is 3.07. The molecule has 0 amide bonds. The second-order valence-corrected chi connectivity index (χ2v) is 3.90. The van der Waals surface area contributed by atoms with Crippen LogP contribution in [-0.2, 0) is 12.8 Å². The largest absolute Gasteiger partial charge is 0.361 e. The Morgan fingerprint density at radius 1 is 1.27 bits per heavy atom. The molecule has 2 nitrogen and oxygen atoms in total. The van der Waals surface area contributed by atoms with Gasteiger partial charge in [0.25, 0.3) is 0 Å². The van der Waals surface area contributed by atoms with E-state index in [9.17, 15) is 0 Å². The number of nitrogens with one attached hydrogen (secondary N) is 1. The van der Waals surface area contributed by atoms with Crippen molar-refractivity contribution in [3.63, 3.8) is 0 Å². The molecule has 1 aromatic carbocycles. The lowest BCUT2D eigenvalue weighted by atomic mass is 10.0. The summed E-state index contributed by atoms with van der Waals surface area (Å²) in [6.07, 6.45) is 5.33. The molecular formula is C13H18N2. The third-order valence-corrected chi connectivity index (χ3v) is 2.92. The second-order valence-electron chi connectivity index (χ2n) is 3.90. The summed E-state index contributed by atoms with van der Waals surface area (Å²) in [5, 5.41) is 1.36. The van der Waals surface area contributed by atoms with E-state index in [1.807, 2.05) is 0 Å². The van der Waals surface area contributed by atoms with Crippen molar-refractivity contribution in [3.05, 3.63) is 35.5 Å². The number of aromatic nitrogens is 1. The first kappa shape index (κ1) is 10.2. The molecule has 15 heavy (non-hydrogen) atoms. The molecular weight excluding hydrogens is 184 g/mol. The average molecular weight is 202 g/mol. The number of para-hydroxylation sites is 1. The van der Waals surface area contributed by atoms with Crippen LogP contribution in [0.1, 0.15) is 24.5 Å². The Morgan fingerprint density at radius 3 is 2.87 bits per heavy atom. The highest BCUT2D eigenvalue weighted by Gasteiger charge is 2.05. The van der Waals surface area contributed by atoms with Gasteiger partial charge in [0.15, 0.2) is 0 Å². The molecule has 0 spiro atoms. The lowest BCUT2D eigenvalue weighted by Gasteiger charge is -2.00. The Labute approximate surface area is 90.5 Å². The predicted octanol–water partition coefficient (Wildman–Crippen LogP) is 2.62. The van der Waals surface area contributed by atoms with E-state index in [-0.39, 0.29) is 0 Å². The summed E-state index contributed by atoms with van der Waals surface area (Å²) in [5.74, 6) is 0. The van der Waals surface area contributed by atoms with Crippen molar-refractivity contribution in [2.24, 2.45) is 5.73 Å². The van der Waals surface area contributed by atoms with Crippen LogP contribution in [0.4, 0.5) is 0 Å². The fraction of sp³-hybridized carbons (Fsp3) is 0.385. The molecule has 1 aromatic heterocycles. The first-order valence-corrected chi connectivity index (χ1v) is 5.64. The third-order valence-electron chi connectivity index (χ3n) is 2.92. The molecule has 0 aliphatic carbocycles. The van der Waals surface area contributed by atoms with E-state index in [1.165, 1.54) is 22.0 Å². The van der Waals surface area contributed by atoms with E-state index in [0.29, 0.717) is 0 Å². The Morgan fingerprint density at radius 2 is 2.13 bits per heavy atom. The molecule has 0 saturated carbocycles. The molecule has 2 rings (SSSR count). The summed E-state index contributed by atoms with van der Waals surface area (Å²) < 4.78 is 0. The SMILES string of the molecule is CCc1cccc2c(CCCN)c[nH]c12. The number of aryl methyl sites for hydroxylation is 2. The zero-order valence-corrected chi connectivity index (χ0v) is 9.22. The normalized spacial score (nSPS) is 11.1. The van der Waals surface area contributed by atoms with Gasteiger partial charge in [0.2, 0.25) is 0 Å². The van der Waals surface area contributed by atoms with Gasteiger partial charge in [0.1, 0.15) is 0 Å². The van der Waals surface area contributed by atoms with Gasteiger partial charge in [-0.3, -0.25) is 0 Å². The van der Waals surface area contributed by atoms with Gasteiger partial charge in [0, 0.05) is 17.1 Å². The van der Waals surface area contributed by atoms with Crippen LogP contribution in [-0.4, -0.2) is 11.5 Å². The van der Waals surface area contributed by atoms with Gasteiger partial charge < -0.3 is 10.7 Å². The zero-order valence-electron chi connectivity index (χ0n) is 9.22. The van der Waals surface area contributed by atoms with Crippen LogP contribution < -0.4 is 5.73 Å². The number of nitrogens with two attached hydrogens (primary N) is 1. The summed E-state index contributed by atoms with van der Waals surface area (Å²) in [6.45, 7) is 2.95. The molecule has 0 fully saturated rings. The van der Waals surface area contributed by atoms with Crippen molar-refractivity contribution in [3.8, 4) is 0 Å². The molecule has 3 N–H and O–H groups in total. The van der Waals surface area contributed by atoms with Crippen molar-refractivity contribution >= 4 is 10.9 Å². The maximum absolute atomic E-state index is 5.54. The number of H-pyrrole nitrogens is 1. The Balaban J connectivity index is 2.42. The van der Waals surface area contributed by atoms with E-state index < -0.39 is 0 Å². The Bertz CT molecular complexity index is 443. The third kappa shape index (κ3) is 1.90. The van der Waals surface area contributed by atoms with Crippen LogP contribution in [0.3, 0.4) is 0 Å². The summed E-state index contributed by atoms with van der Waals surface area (Å²) in [7, 11) is 0. The van der Waals surface area contributed by atoms with Crippen molar-refractivity contribution in [1.82, 2.24) is 4.98 Å². The lowest BCUT2D eigenvalue weighted by Crippen LogP contribution is -1.99. The van der Waals surface area contributed by atoms with Gasteiger partial charge in [-0.25, -0.2) is 0 Å². The molecule has 0 aliphatic heterocycles. The zero-order chi connectivity index (χ0) is 10.7.